The largest absolute Gasteiger partial charge is 0.489 e. The maximum absolute atomic E-state index is 13.2. The van der Waals surface area contributed by atoms with E-state index in [0.717, 1.165) is 22.4 Å². The van der Waals surface area contributed by atoms with Crippen LogP contribution in [-0.2, 0) is 6.61 Å². The van der Waals surface area contributed by atoms with Gasteiger partial charge in [-0.1, -0.05) is 30.4 Å². The summed E-state index contributed by atoms with van der Waals surface area (Å²) in [6.07, 6.45) is 0. The zero-order valence-corrected chi connectivity index (χ0v) is 12.3. The second kappa shape index (κ2) is 6.01. The molecule has 0 spiro atoms. The normalized spacial score (nSPS) is 10.3. The number of hydrogen-bond acceptors (Lipinski definition) is 2. The van der Waals surface area contributed by atoms with E-state index >= 15 is 0 Å². The zero-order valence-electron chi connectivity index (χ0n) is 11.4. The summed E-state index contributed by atoms with van der Waals surface area (Å²) in [6.45, 7) is 4.33. The number of halogens is 1. The standard InChI is InChI=1S/C16H16FNOS/c1-10-4-3-5-15(11(10)2)19-9-12-6-7-13(17)8-14(12)16(18)20/h3-8H,9H2,1-2H3,(H2,18,20). The van der Waals surface area contributed by atoms with E-state index in [1.807, 2.05) is 32.0 Å². The number of rotatable bonds is 4. The van der Waals surface area contributed by atoms with Crippen molar-refractivity contribution < 1.29 is 9.13 Å². The molecule has 0 amide bonds. The Labute approximate surface area is 123 Å². The third kappa shape index (κ3) is 3.14. The topological polar surface area (TPSA) is 35.2 Å². The van der Waals surface area contributed by atoms with Gasteiger partial charge in [0.15, 0.2) is 0 Å². The van der Waals surface area contributed by atoms with Crippen LogP contribution in [0.15, 0.2) is 36.4 Å². The van der Waals surface area contributed by atoms with Gasteiger partial charge in [0.2, 0.25) is 0 Å². The Kier molecular flexibility index (Phi) is 4.35. The highest BCUT2D eigenvalue weighted by Crippen LogP contribution is 2.22. The summed E-state index contributed by atoms with van der Waals surface area (Å²) in [7, 11) is 0. The number of benzene rings is 2. The molecule has 4 heteroatoms. The summed E-state index contributed by atoms with van der Waals surface area (Å²) in [6, 6.07) is 10.2. The predicted molar refractivity (Wildman–Crippen MR) is 82.5 cm³/mol. The van der Waals surface area contributed by atoms with Crippen molar-refractivity contribution in [1.82, 2.24) is 0 Å². The van der Waals surface area contributed by atoms with Gasteiger partial charge in [0.25, 0.3) is 0 Å². The molecule has 0 fully saturated rings. The molecule has 0 aliphatic heterocycles. The maximum atomic E-state index is 13.2. The lowest BCUT2D eigenvalue weighted by atomic mass is 10.1. The average molecular weight is 289 g/mol. The van der Waals surface area contributed by atoms with Crippen molar-refractivity contribution >= 4 is 17.2 Å². The number of aryl methyl sites for hydroxylation is 1. The van der Waals surface area contributed by atoms with Crippen molar-refractivity contribution in [3.8, 4) is 5.75 Å². The van der Waals surface area contributed by atoms with Crippen LogP contribution in [0, 0.1) is 19.7 Å². The van der Waals surface area contributed by atoms with Crippen LogP contribution in [0.25, 0.3) is 0 Å². The Bertz CT molecular complexity index is 655. The molecule has 0 saturated heterocycles. The lowest BCUT2D eigenvalue weighted by Crippen LogP contribution is -2.14. The number of ether oxygens (including phenoxy) is 1. The molecule has 0 saturated carbocycles. The average Bonchev–Trinajstić information content (AvgIpc) is 2.41. The SMILES string of the molecule is Cc1cccc(OCc2ccc(F)cc2C(N)=S)c1C. The van der Waals surface area contributed by atoms with Crippen LogP contribution in [0.2, 0.25) is 0 Å². The van der Waals surface area contributed by atoms with Crippen LogP contribution < -0.4 is 10.5 Å². The Balaban J connectivity index is 2.23. The third-order valence-corrected chi connectivity index (χ3v) is 3.50. The fourth-order valence-corrected chi connectivity index (χ4v) is 2.13. The van der Waals surface area contributed by atoms with Crippen LogP contribution >= 0.6 is 12.2 Å². The monoisotopic (exact) mass is 289 g/mol. The first-order valence-electron chi connectivity index (χ1n) is 6.26. The van der Waals surface area contributed by atoms with Crippen LogP contribution in [0.1, 0.15) is 22.3 Å². The Morgan fingerprint density at radius 1 is 1.25 bits per heavy atom. The first kappa shape index (κ1) is 14.5. The van der Waals surface area contributed by atoms with Gasteiger partial charge in [-0.2, -0.15) is 0 Å². The van der Waals surface area contributed by atoms with Crippen molar-refractivity contribution in [2.24, 2.45) is 5.73 Å². The highest BCUT2D eigenvalue weighted by molar-refractivity contribution is 7.80. The summed E-state index contributed by atoms with van der Waals surface area (Å²) in [5, 5.41) is 0. The first-order valence-corrected chi connectivity index (χ1v) is 6.67. The molecule has 0 aliphatic carbocycles. The molecule has 2 nitrogen and oxygen atoms in total. The highest BCUT2D eigenvalue weighted by atomic mass is 32.1. The molecule has 0 bridgehead atoms. The first-order chi connectivity index (χ1) is 9.49. The van der Waals surface area contributed by atoms with Gasteiger partial charge in [-0.15, -0.1) is 0 Å². The molecule has 104 valence electrons. The van der Waals surface area contributed by atoms with Crippen molar-refractivity contribution in [3.63, 3.8) is 0 Å². The molecule has 0 aromatic heterocycles. The Morgan fingerprint density at radius 3 is 2.70 bits per heavy atom. The minimum Gasteiger partial charge on any atom is -0.489 e. The molecular formula is C16H16FNOS. The Hall–Kier alpha value is -1.94. The lowest BCUT2D eigenvalue weighted by molar-refractivity contribution is 0.303. The molecule has 2 aromatic carbocycles. The van der Waals surface area contributed by atoms with E-state index in [9.17, 15) is 4.39 Å². The molecule has 2 N–H and O–H groups in total. The highest BCUT2D eigenvalue weighted by Gasteiger charge is 2.09. The van der Waals surface area contributed by atoms with Crippen LogP contribution in [0.3, 0.4) is 0 Å². The zero-order chi connectivity index (χ0) is 14.7. The summed E-state index contributed by atoms with van der Waals surface area (Å²) in [5.41, 5.74) is 9.16. The number of nitrogens with two attached hydrogens (primary N) is 1. The minimum atomic E-state index is -0.358. The van der Waals surface area contributed by atoms with Gasteiger partial charge in [0.1, 0.15) is 23.2 Å². The quantitative estimate of drug-likeness (QED) is 0.873. The minimum absolute atomic E-state index is 0.170. The van der Waals surface area contributed by atoms with Crippen molar-refractivity contribution in [3.05, 3.63) is 64.5 Å². The molecule has 2 rings (SSSR count). The van der Waals surface area contributed by atoms with Gasteiger partial charge in [-0.3, -0.25) is 0 Å². The second-order valence-electron chi connectivity index (χ2n) is 4.65. The maximum Gasteiger partial charge on any atom is 0.123 e. The van der Waals surface area contributed by atoms with E-state index in [1.165, 1.54) is 12.1 Å². The number of thiocarbonyl (C=S) groups is 1. The van der Waals surface area contributed by atoms with E-state index in [0.29, 0.717) is 12.2 Å². The molecule has 0 atom stereocenters. The van der Waals surface area contributed by atoms with Crippen LogP contribution in [-0.4, -0.2) is 4.99 Å². The van der Waals surface area contributed by atoms with E-state index in [1.54, 1.807) is 6.07 Å². The van der Waals surface area contributed by atoms with Gasteiger partial charge in [-0.25, -0.2) is 4.39 Å². The molecule has 2 aromatic rings. The fourth-order valence-electron chi connectivity index (χ4n) is 1.94. The molecule has 0 aliphatic rings. The third-order valence-electron chi connectivity index (χ3n) is 3.28. The van der Waals surface area contributed by atoms with Crippen molar-refractivity contribution in [1.29, 1.82) is 0 Å². The van der Waals surface area contributed by atoms with E-state index in [4.69, 9.17) is 22.7 Å². The van der Waals surface area contributed by atoms with E-state index in [-0.39, 0.29) is 10.8 Å². The summed E-state index contributed by atoms with van der Waals surface area (Å²) >= 11 is 4.94. The second-order valence-corrected chi connectivity index (χ2v) is 5.09. The molecule has 0 radical (unpaired) electrons. The van der Waals surface area contributed by atoms with Crippen LogP contribution in [0.4, 0.5) is 4.39 Å². The van der Waals surface area contributed by atoms with Gasteiger partial charge < -0.3 is 10.5 Å². The lowest BCUT2D eigenvalue weighted by Gasteiger charge is -2.13. The summed E-state index contributed by atoms with van der Waals surface area (Å²) < 4.78 is 19.0. The number of hydrogen-bond donors (Lipinski definition) is 1. The smallest absolute Gasteiger partial charge is 0.123 e. The molecule has 20 heavy (non-hydrogen) atoms. The fraction of sp³-hybridized carbons (Fsp3) is 0.188. The van der Waals surface area contributed by atoms with Gasteiger partial charge in [0.05, 0.1) is 0 Å². The van der Waals surface area contributed by atoms with Gasteiger partial charge in [-0.05, 0) is 48.7 Å². The molecule has 0 heterocycles. The van der Waals surface area contributed by atoms with E-state index < -0.39 is 0 Å². The van der Waals surface area contributed by atoms with Gasteiger partial charge >= 0.3 is 0 Å². The van der Waals surface area contributed by atoms with Gasteiger partial charge in [0, 0.05) is 5.56 Å². The van der Waals surface area contributed by atoms with Crippen molar-refractivity contribution in [2.45, 2.75) is 20.5 Å². The Morgan fingerprint density at radius 2 is 2.00 bits per heavy atom. The summed E-state index contributed by atoms with van der Waals surface area (Å²) in [5.74, 6) is 0.450. The van der Waals surface area contributed by atoms with E-state index in [2.05, 4.69) is 0 Å². The van der Waals surface area contributed by atoms with Crippen LogP contribution in [0.5, 0.6) is 5.75 Å². The predicted octanol–water partition coefficient (Wildman–Crippen LogP) is 3.66. The molecular weight excluding hydrogens is 273 g/mol. The van der Waals surface area contributed by atoms with Crippen molar-refractivity contribution in [2.75, 3.05) is 0 Å². The molecule has 0 unspecified atom stereocenters. The summed E-state index contributed by atoms with van der Waals surface area (Å²) in [4.78, 5) is 0.170.